The standard InChI is InChI=1S/C16H26BrN5O2/c1-16(2,3)12(14(24)18-4)20-13(23)11-10-9-21(5)7-6-8-22(10)15(17)19-11/h12H,6-9H2,1-5H3,(H,18,24)(H,20,23)/t12-/m1/s1. The molecule has 0 aromatic carbocycles. The Morgan fingerprint density at radius 1 is 1.29 bits per heavy atom. The zero-order valence-electron chi connectivity index (χ0n) is 14.9. The second kappa shape index (κ2) is 7.23. The molecule has 2 amide bonds. The Hall–Kier alpha value is -1.41. The number of hydrogen-bond acceptors (Lipinski definition) is 4. The smallest absolute Gasteiger partial charge is 0.272 e. The lowest BCUT2D eigenvalue weighted by atomic mass is 9.86. The maximum atomic E-state index is 12.8. The molecule has 1 aromatic heterocycles. The normalized spacial score (nSPS) is 16.9. The van der Waals surface area contributed by atoms with E-state index < -0.39 is 11.5 Å². The molecule has 24 heavy (non-hydrogen) atoms. The van der Waals surface area contributed by atoms with Gasteiger partial charge >= 0.3 is 0 Å². The van der Waals surface area contributed by atoms with Crippen molar-refractivity contribution in [2.45, 2.75) is 46.3 Å². The number of fused-ring (bicyclic) bond motifs is 1. The third-order valence-electron chi connectivity index (χ3n) is 4.23. The number of rotatable bonds is 3. The zero-order chi connectivity index (χ0) is 18.1. The van der Waals surface area contributed by atoms with Crippen molar-refractivity contribution in [3.8, 4) is 0 Å². The number of carbonyl (C=O) groups excluding carboxylic acids is 2. The van der Waals surface area contributed by atoms with E-state index in [1.165, 1.54) is 0 Å². The minimum absolute atomic E-state index is 0.211. The van der Waals surface area contributed by atoms with Gasteiger partial charge in [0.05, 0.1) is 5.69 Å². The average molecular weight is 400 g/mol. The molecule has 0 saturated carbocycles. The van der Waals surface area contributed by atoms with Crippen molar-refractivity contribution < 1.29 is 9.59 Å². The molecule has 0 saturated heterocycles. The highest BCUT2D eigenvalue weighted by Gasteiger charge is 2.34. The van der Waals surface area contributed by atoms with E-state index in [2.05, 4.69) is 36.4 Å². The Labute approximate surface area is 151 Å². The van der Waals surface area contributed by atoms with Crippen molar-refractivity contribution in [1.82, 2.24) is 25.1 Å². The first kappa shape index (κ1) is 18.9. The zero-order valence-corrected chi connectivity index (χ0v) is 16.5. The molecule has 0 bridgehead atoms. The van der Waals surface area contributed by atoms with E-state index in [4.69, 9.17) is 0 Å². The molecule has 2 N–H and O–H groups in total. The minimum Gasteiger partial charge on any atom is -0.357 e. The lowest BCUT2D eigenvalue weighted by molar-refractivity contribution is -0.124. The molecule has 2 heterocycles. The van der Waals surface area contributed by atoms with Gasteiger partial charge in [0.15, 0.2) is 10.4 Å². The number of aromatic nitrogens is 2. The van der Waals surface area contributed by atoms with E-state index in [0.29, 0.717) is 17.0 Å². The summed E-state index contributed by atoms with van der Waals surface area (Å²) < 4.78 is 2.69. The predicted octanol–water partition coefficient (Wildman–Crippen LogP) is 1.37. The number of halogens is 1. The van der Waals surface area contributed by atoms with Gasteiger partial charge in [-0.1, -0.05) is 20.8 Å². The van der Waals surface area contributed by atoms with Crippen LogP contribution in [0.2, 0.25) is 0 Å². The lowest BCUT2D eigenvalue weighted by Gasteiger charge is -2.29. The van der Waals surface area contributed by atoms with E-state index in [1.807, 2.05) is 32.4 Å². The molecule has 134 valence electrons. The largest absolute Gasteiger partial charge is 0.357 e. The van der Waals surface area contributed by atoms with Crippen LogP contribution in [-0.4, -0.2) is 52.9 Å². The Bertz CT molecular complexity index is 635. The molecule has 7 nitrogen and oxygen atoms in total. The quantitative estimate of drug-likeness (QED) is 0.804. The van der Waals surface area contributed by atoms with E-state index in [9.17, 15) is 9.59 Å². The van der Waals surface area contributed by atoms with Crippen molar-refractivity contribution in [2.24, 2.45) is 5.41 Å². The Kier molecular flexibility index (Phi) is 5.70. The predicted molar refractivity (Wildman–Crippen MR) is 95.7 cm³/mol. The molecule has 2 rings (SSSR count). The first-order valence-corrected chi connectivity index (χ1v) is 8.90. The van der Waals surface area contributed by atoms with Crippen LogP contribution < -0.4 is 10.6 Å². The molecule has 1 aliphatic heterocycles. The van der Waals surface area contributed by atoms with Crippen LogP contribution in [0.15, 0.2) is 4.73 Å². The average Bonchev–Trinajstić information content (AvgIpc) is 2.68. The number of hydrogen-bond donors (Lipinski definition) is 2. The first-order chi connectivity index (χ1) is 11.1. The second-order valence-electron chi connectivity index (χ2n) is 7.31. The number of imidazole rings is 1. The van der Waals surface area contributed by atoms with Crippen molar-refractivity contribution in [3.05, 3.63) is 16.1 Å². The maximum absolute atomic E-state index is 12.8. The van der Waals surface area contributed by atoms with Crippen LogP contribution in [0.25, 0.3) is 0 Å². The molecule has 0 spiro atoms. The van der Waals surface area contributed by atoms with Crippen molar-refractivity contribution in [1.29, 1.82) is 0 Å². The summed E-state index contributed by atoms with van der Waals surface area (Å²) in [6.45, 7) is 8.21. The second-order valence-corrected chi connectivity index (χ2v) is 8.02. The number of carbonyl (C=O) groups is 2. The van der Waals surface area contributed by atoms with E-state index in [-0.39, 0.29) is 11.8 Å². The number of likely N-dealkylation sites (N-methyl/N-ethyl adjacent to an activating group) is 1. The van der Waals surface area contributed by atoms with Crippen LogP contribution in [-0.2, 0) is 17.9 Å². The Morgan fingerprint density at radius 2 is 1.96 bits per heavy atom. The van der Waals surface area contributed by atoms with Gasteiger partial charge in [-0.3, -0.25) is 9.59 Å². The molecule has 8 heteroatoms. The van der Waals surface area contributed by atoms with Crippen LogP contribution >= 0.6 is 15.9 Å². The van der Waals surface area contributed by atoms with Crippen molar-refractivity contribution in [3.63, 3.8) is 0 Å². The van der Waals surface area contributed by atoms with Gasteiger partial charge in [-0.25, -0.2) is 4.98 Å². The van der Waals surface area contributed by atoms with Crippen LogP contribution in [0.1, 0.15) is 43.4 Å². The third kappa shape index (κ3) is 3.97. The van der Waals surface area contributed by atoms with Crippen LogP contribution in [0.5, 0.6) is 0 Å². The molecular weight excluding hydrogens is 374 g/mol. The maximum Gasteiger partial charge on any atom is 0.272 e. The molecule has 1 aromatic rings. The number of nitrogens with zero attached hydrogens (tertiary/aromatic N) is 3. The summed E-state index contributed by atoms with van der Waals surface area (Å²) >= 11 is 3.45. The summed E-state index contributed by atoms with van der Waals surface area (Å²) in [6, 6.07) is -0.630. The van der Waals surface area contributed by atoms with Gasteiger partial charge < -0.3 is 20.1 Å². The SMILES string of the molecule is CNC(=O)[C@@H](NC(=O)c1nc(Br)n2c1CN(C)CCC2)C(C)(C)C. The molecule has 1 aliphatic rings. The highest BCUT2D eigenvalue weighted by molar-refractivity contribution is 9.10. The molecule has 0 fully saturated rings. The molecule has 0 radical (unpaired) electrons. The van der Waals surface area contributed by atoms with Gasteiger partial charge in [-0.2, -0.15) is 0 Å². The Balaban J connectivity index is 2.31. The van der Waals surface area contributed by atoms with Crippen LogP contribution in [0.4, 0.5) is 0 Å². The highest BCUT2D eigenvalue weighted by atomic mass is 79.9. The summed E-state index contributed by atoms with van der Waals surface area (Å²) in [5.74, 6) is -0.527. The fraction of sp³-hybridized carbons (Fsp3) is 0.688. The summed E-state index contributed by atoms with van der Waals surface area (Å²) in [7, 11) is 3.60. The van der Waals surface area contributed by atoms with Crippen molar-refractivity contribution >= 4 is 27.7 Å². The van der Waals surface area contributed by atoms with Gasteiger partial charge in [0.25, 0.3) is 5.91 Å². The Morgan fingerprint density at radius 3 is 2.54 bits per heavy atom. The molecular formula is C16H26BrN5O2. The topological polar surface area (TPSA) is 79.3 Å². The van der Waals surface area contributed by atoms with Gasteiger partial charge in [0.1, 0.15) is 6.04 Å². The number of nitrogens with one attached hydrogen (secondary N) is 2. The fourth-order valence-corrected chi connectivity index (χ4v) is 3.45. The molecule has 0 aliphatic carbocycles. The summed E-state index contributed by atoms with van der Waals surface area (Å²) in [5, 5.41) is 5.47. The van der Waals surface area contributed by atoms with Gasteiger partial charge in [0.2, 0.25) is 5.91 Å². The van der Waals surface area contributed by atoms with Gasteiger partial charge in [-0.05, 0) is 41.4 Å². The lowest BCUT2D eigenvalue weighted by Crippen LogP contribution is -2.53. The minimum atomic E-state index is -0.630. The third-order valence-corrected chi connectivity index (χ3v) is 4.84. The van der Waals surface area contributed by atoms with E-state index in [0.717, 1.165) is 25.2 Å². The number of amides is 2. The van der Waals surface area contributed by atoms with Crippen LogP contribution in [0.3, 0.4) is 0 Å². The first-order valence-electron chi connectivity index (χ1n) is 8.11. The highest BCUT2D eigenvalue weighted by Crippen LogP contribution is 2.24. The monoisotopic (exact) mass is 399 g/mol. The van der Waals surface area contributed by atoms with Crippen LogP contribution in [0, 0.1) is 5.41 Å². The summed E-state index contributed by atoms with van der Waals surface area (Å²) in [4.78, 5) is 31.5. The van der Waals surface area contributed by atoms with E-state index in [1.54, 1.807) is 7.05 Å². The molecule has 1 atom stereocenters. The molecule has 0 unspecified atom stereocenters. The van der Waals surface area contributed by atoms with Gasteiger partial charge in [-0.15, -0.1) is 0 Å². The fourth-order valence-electron chi connectivity index (χ4n) is 2.88. The van der Waals surface area contributed by atoms with E-state index >= 15 is 0 Å². The van der Waals surface area contributed by atoms with Crippen molar-refractivity contribution in [2.75, 3.05) is 20.6 Å². The van der Waals surface area contributed by atoms with Gasteiger partial charge in [0, 0.05) is 20.1 Å². The summed E-state index contributed by atoms with van der Waals surface area (Å²) in [5.41, 5.74) is 0.859. The summed E-state index contributed by atoms with van der Waals surface area (Å²) in [6.07, 6.45) is 1.00.